The summed E-state index contributed by atoms with van der Waals surface area (Å²) in [6.07, 6.45) is 2.48. The number of carbonyl (C=O) groups is 1. The molecule has 2 aliphatic rings. The van der Waals surface area contributed by atoms with E-state index in [4.69, 9.17) is 10.9 Å². The lowest BCUT2D eigenvalue weighted by Crippen LogP contribution is -2.53. The number of nitrogens with two attached hydrogens (primary N) is 2. The van der Waals surface area contributed by atoms with E-state index in [1.807, 2.05) is 0 Å². The molecule has 0 aromatic carbocycles. The zero-order valence-electron chi connectivity index (χ0n) is 10.3. The molecular weight excluding hydrogens is 256 g/mol. The Hall–Kier alpha value is -0.700. The fourth-order valence-corrected chi connectivity index (χ4v) is 3.33. The van der Waals surface area contributed by atoms with E-state index in [-0.39, 0.29) is 31.0 Å². The predicted octanol–water partition coefficient (Wildman–Crippen LogP) is -1.54. The number of amides is 1. The Morgan fingerprint density at radius 2 is 1.72 bits per heavy atom. The van der Waals surface area contributed by atoms with Gasteiger partial charge in [-0.15, -0.1) is 0 Å². The van der Waals surface area contributed by atoms with Crippen molar-refractivity contribution in [2.24, 2.45) is 16.8 Å². The first-order valence-corrected chi connectivity index (χ1v) is 7.70. The fraction of sp³-hybridized carbons (Fsp3) is 0.900. The normalized spacial score (nSPS) is 30.7. The van der Waals surface area contributed by atoms with Crippen LogP contribution in [-0.4, -0.2) is 55.8 Å². The van der Waals surface area contributed by atoms with Crippen LogP contribution in [0.4, 0.5) is 0 Å². The van der Waals surface area contributed by atoms with Gasteiger partial charge in [-0.05, 0) is 19.3 Å². The van der Waals surface area contributed by atoms with E-state index in [9.17, 15) is 13.2 Å². The van der Waals surface area contributed by atoms with E-state index < -0.39 is 10.2 Å². The number of piperazine rings is 1. The lowest BCUT2D eigenvalue weighted by Gasteiger charge is -2.34. The lowest BCUT2D eigenvalue weighted by molar-refractivity contribution is -0.136. The third-order valence-electron chi connectivity index (χ3n) is 3.73. The van der Waals surface area contributed by atoms with Crippen molar-refractivity contribution < 1.29 is 13.2 Å². The third kappa shape index (κ3) is 3.00. The Kier molecular flexibility index (Phi) is 3.90. The Morgan fingerprint density at radius 3 is 2.17 bits per heavy atom. The van der Waals surface area contributed by atoms with Crippen LogP contribution < -0.4 is 10.9 Å². The smallest absolute Gasteiger partial charge is 0.277 e. The predicted molar refractivity (Wildman–Crippen MR) is 66.6 cm³/mol. The average molecular weight is 276 g/mol. The van der Waals surface area contributed by atoms with Crippen LogP contribution in [0.3, 0.4) is 0 Å². The summed E-state index contributed by atoms with van der Waals surface area (Å²) in [5, 5.41) is 5.05. The van der Waals surface area contributed by atoms with Gasteiger partial charge in [0.2, 0.25) is 5.91 Å². The molecule has 8 heteroatoms. The van der Waals surface area contributed by atoms with Crippen LogP contribution in [0.25, 0.3) is 0 Å². The monoisotopic (exact) mass is 276 g/mol. The molecule has 2 fully saturated rings. The standard InChI is InChI=1S/C10H20N4O3S/c11-9-2-1-8(7-9)10(15)13-3-5-14(6-4-13)18(12,16)17/h8-9H,1-7,11H2,(H2,12,16,17). The second-order valence-electron chi connectivity index (χ2n) is 5.04. The fourth-order valence-electron chi connectivity index (χ4n) is 2.66. The molecule has 2 unspecified atom stereocenters. The molecule has 1 saturated heterocycles. The van der Waals surface area contributed by atoms with E-state index in [0.717, 1.165) is 19.3 Å². The van der Waals surface area contributed by atoms with Crippen molar-refractivity contribution in [2.75, 3.05) is 26.2 Å². The van der Waals surface area contributed by atoms with Crippen molar-refractivity contribution in [3.8, 4) is 0 Å². The largest absolute Gasteiger partial charge is 0.340 e. The molecule has 0 aromatic heterocycles. The highest BCUT2D eigenvalue weighted by Gasteiger charge is 2.33. The average Bonchev–Trinajstić information content (AvgIpc) is 2.74. The molecule has 4 N–H and O–H groups in total. The van der Waals surface area contributed by atoms with Gasteiger partial charge in [0.1, 0.15) is 0 Å². The maximum atomic E-state index is 12.2. The maximum absolute atomic E-state index is 12.2. The Bertz CT molecular complexity index is 417. The molecule has 0 aromatic rings. The molecule has 0 bridgehead atoms. The van der Waals surface area contributed by atoms with Crippen molar-refractivity contribution in [1.82, 2.24) is 9.21 Å². The van der Waals surface area contributed by atoms with Gasteiger partial charge in [0.25, 0.3) is 10.2 Å². The van der Waals surface area contributed by atoms with Gasteiger partial charge in [-0.25, -0.2) is 5.14 Å². The summed E-state index contributed by atoms with van der Waals surface area (Å²) in [5.41, 5.74) is 5.80. The Labute approximate surface area is 107 Å². The van der Waals surface area contributed by atoms with Crippen molar-refractivity contribution in [3.05, 3.63) is 0 Å². The van der Waals surface area contributed by atoms with Gasteiger partial charge in [-0.3, -0.25) is 4.79 Å². The van der Waals surface area contributed by atoms with Gasteiger partial charge < -0.3 is 10.6 Å². The van der Waals surface area contributed by atoms with Gasteiger partial charge in [-0.2, -0.15) is 12.7 Å². The van der Waals surface area contributed by atoms with Gasteiger partial charge in [0.05, 0.1) is 0 Å². The summed E-state index contributed by atoms with van der Waals surface area (Å²) in [6.45, 7) is 1.40. The van der Waals surface area contributed by atoms with Gasteiger partial charge in [0, 0.05) is 38.1 Å². The van der Waals surface area contributed by atoms with E-state index >= 15 is 0 Å². The minimum Gasteiger partial charge on any atom is -0.340 e. The first-order chi connectivity index (χ1) is 8.38. The van der Waals surface area contributed by atoms with Crippen molar-refractivity contribution >= 4 is 16.1 Å². The SMILES string of the molecule is NC1CCC(C(=O)N2CCN(S(N)(=O)=O)CC2)C1. The van der Waals surface area contributed by atoms with Crippen molar-refractivity contribution in [1.29, 1.82) is 0 Å². The first kappa shape index (κ1) is 13.7. The molecule has 1 heterocycles. The zero-order chi connectivity index (χ0) is 13.3. The maximum Gasteiger partial charge on any atom is 0.277 e. The molecule has 1 aliphatic heterocycles. The van der Waals surface area contributed by atoms with Crippen LogP contribution in [0.1, 0.15) is 19.3 Å². The van der Waals surface area contributed by atoms with E-state index in [2.05, 4.69) is 0 Å². The summed E-state index contributed by atoms with van der Waals surface area (Å²) in [7, 11) is -3.63. The molecule has 2 atom stereocenters. The van der Waals surface area contributed by atoms with E-state index in [1.54, 1.807) is 4.90 Å². The summed E-state index contributed by atoms with van der Waals surface area (Å²) < 4.78 is 23.5. The summed E-state index contributed by atoms with van der Waals surface area (Å²) >= 11 is 0. The molecule has 1 saturated carbocycles. The molecule has 2 rings (SSSR count). The molecule has 18 heavy (non-hydrogen) atoms. The van der Waals surface area contributed by atoms with Gasteiger partial charge in [-0.1, -0.05) is 0 Å². The number of rotatable bonds is 2. The van der Waals surface area contributed by atoms with E-state index in [0.29, 0.717) is 13.1 Å². The van der Waals surface area contributed by atoms with Crippen LogP contribution in [0.2, 0.25) is 0 Å². The Balaban J connectivity index is 1.88. The van der Waals surface area contributed by atoms with Crippen molar-refractivity contribution in [3.63, 3.8) is 0 Å². The number of hydrogen-bond donors (Lipinski definition) is 2. The summed E-state index contributed by atoms with van der Waals surface area (Å²) in [5.74, 6) is 0.123. The number of hydrogen-bond acceptors (Lipinski definition) is 4. The minimum absolute atomic E-state index is 0.0148. The van der Waals surface area contributed by atoms with Crippen LogP contribution in [0.15, 0.2) is 0 Å². The highest BCUT2D eigenvalue weighted by atomic mass is 32.2. The second-order valence-corrected chi connectivity index (χ2v) is 6.59. The molecule has 0 spiro atoms. The minimum atomic E-state index is -3.63. The van der Waals surface area contributed by atoms with E-state index in [1.165, 1.54) is 4.31 Å². The lowest BCUT2D eigenvalue weighted by atomic mass is 10.1. The van der Waals surface area contributed by atoms with Crippen LogP contribution in [-0.2, 0) is 15.0 Å². The zero-order valence-corrected chi connectivity index (χ0v) is 11.1. The molecule has 1 amide bonds. The molecule has 0 radical (unpaired) electrons. The molecule has 104 valence electrons. The number of carbonyl (C=O) groups excluding carboxylic acids is 1. The second kappa shape index (κ2) is 5.12. The van der Waals surface area contributed by atoms with Crippen LogP contribution >= 0.6 is 0 Å². The van der Waals surface area contributed by atoms with Gasteiger partial charge in [0.15, 0.2) is 0 Å². The van der Waals surface area contributed by atoms with Crippen LogP contribution in [0.5, 0.6) is 0 Å². The van der Waals surface area contributed by atoms with Crippen LogP contribution in [0, 0.1) is 5.92 Å². The quantitative estimate of drug-likeness (QED) is 0.637. The highest BCUT2D eigenvalue weighted by Crippen LogP contribution is 2.26. The van der Waals surface area contributed by atoms with Crippen molar-refractivity contribution in [2.45, 2.75) is 25.3 Å². The Morgan fingerprint density at radius 1 is 1.11 bits per heavy atom. The third-order valence-corrected chi connectivity index (χ3v) is 4.82. The van der Waals surface area contributed by atoms with Gasteiger partial charge >= 0.3 is 0 Å². The summed E-state index contributed by atoms with van der Waals surface area (Å²) in [6, 6.07) is 0.129. The highest BCUT2D eigenvalue weighted by molar-refractivity contribution is 7.86. The molecule has 1 aliphatic carbocycles. The summed E-state index contributed by atoms with van der Waals surface area (Å²) in [4.78, 5) is 13.9. The molecule has 7 nitrogen and oxygen atoms in total. The topological polar surface area (TPSA) is 110 Å². The number of nitrogens with zero attached hydrogens (tertiary/aromatic N) is 2. The first-order valence-electron chi connectivity index (χ1n) is 6.20. The molecular formula is C10H20N4O3S.